The van der Waals surface area contributed by atoms with Crippen molar-refractivity contribution in [2.75, 3.05) is 6.54 Å². The quantitative estimate of drug-likeness (QED) is 0.348. The Morgan fingerprint density at radius 1 is 1.09 bits per heavy atom. The van der Waals surface area contributed by atoms with E-state index in [0.29, 0.717) is 16.8 Å². The molecule has 9 heteroatoms. The van der Waals surface area contributed by atoms with Gasteiger partial charge in [0.1, 0.15) is 5.82 Å². The molecule has 0 spiro atoms. The maximum Gasteiger partial charge on any atom is 0.279 e. The first kappa shape index (κ1) is 24.5. The maximum absolute atomic E-state index is 14.4. The molecule has 0 aliphatic carbocycles. The van der Waals surface area contributed by atoms with E-state index in [0.717, 1.165) is 16.9 Å². The highest BCUT2D eigenvalue weighted by molar-refractivity contribution is 7.89. The predicted molar refractivity (Wildman–Crippen MR) is 135 cm³/mol. The second-order valence-electron chi connectivity index (χ2n) is 7.62. The number of hydrogen-bond donors (Lipinski definition) is 0. The van der Waals surface area contributed by atoms with E-state index in [2.05, 4.69) is 10.9 Å². The molecule has 178 valence electrons. The van der Waals surface area contributed by atoms with Crippen molar-refractivity contribution in [3.8, 4) is 12.3 Å². The molecule has 1 aromatic heterocycles. The second kappa shape index (κ2) is 10.4. The molecule has 3 aromatic carbocycles. The number of benzene rings is 3. The van der Waals surface area contributed by atoms with Crippen LogP contribution in [0.3, 0.4) is 0 Å². The predicted octanol–water partition coefficient (Wildman–Crippen LogP) is 4.43. The van der Waals surface area contributed by atoms with Gasteiger partial charge in [-0.15, -0.1) is 6.42 Å². The Balaban J connectivity index is 1.63. The topological polar surface area (TPSA) is 71.7 Å². The van der Waals surface area contributed by atoms with Crippen molar-refractivity contribution in [1.29, 1.82) is 0 Å². The third-order valence-corrected chi connectivity index (χ3v) is 8.37. The maximum atomic E-state index is 14.4. The average Bonchev–Trinajstić information content (AvgIpc) is 3.21. The summed E-state index contributed by atoms with van der Waals surface area (Å²) in [6.07, 6.45) is 5.44. The Hall–Kier alpha value is -3.58. The normalized spacial score (nSPS) is 12.2. The van der Waals surface area contributed by atoms with Crippen LogP contribution in [-0.4, -0.2) is 29.7 Å². The number of aromatic nitrogens is 1. The molecular weight excluding hydrogens is 485 g/mol. The summed E-state index contributed by atoms with van der Waals surface area (Å²) in [5.74, 6) is 1.43. The fourth-order valence-corrected chi connectivity index (χ4v) is 6.11. The number of carbonyl (C=O) groups excluding carboxylic acids is 1. The summed E-state index contributed by atoms with van der Waals surface area (Å²) in [5.41, 5.74) is 1.38. The van der Waals surface area contributed by atoms with Crippen LogP contribution in [0.5, 0.6) is 0 Å². The van der Waals surface area contributed by atoms with Crippen molar-refractivity contribution in [2.24, 2.45) is 4.99 Å². The zero-order chi connectivity index (χ0) is 25.0. The Kier molecular flexibility index (Phi) is 7.26. The van der Waals surface area contributed by atoms with Crippen LogP contribution in [0.4, 0.5) is 4.39 Å². The summed E-state index contributed by atoms with van der Waals surface area (Å²) < 4.78 is 44.1. The van der Waals surface area contributed by atoms with Crippen LogP contribution >= 0.6 is 11.3 Å². The van der Waals surface area contributed by atoms with Crippen LogP contribution in [0.1, 0.15) is 22.8 Å². The van der Waals surface area contributed by atoms with Crippen LogP contribution in [0.15, 0.2) is 82.7 Å². The molecule has 0 saturated carbocycles. The second-order valence-corrected chi connectivity index (χ2v) is 10.6. The van der Waals surface area contributed by atoms with Crippen LogP contribution in [0.2, 0.25) is 0 Å². The smallest absolute Gasteiger partial charge is 0.279 e. The van der Waals surface area contributed by atoms with Gasteiger partial charge in [0.25, 0.3) is 5.91 Å². The van der Waals surface area contributed by atoms with Crippen molar-refractivity contribution < 1.29 is 17.6 Å². The van der Waals surface area contributed by atoms with Crippen molar-refractivity contribution in [3.63, 3.8) is 0 Å². The molecule has 4 rings (SSSR count). The fraction of sp³-hybridized carbons (Fsp3) is 0.154. The van der Waals surface area contributed by atoms with Gasteiger partial charge in [-0.05, 0) is 42.0 Å². The molecule has 0 aliphatic heterocycles. The lowest BCUT2D eigenvalue weighted by Crippen LogP contribution is -2.30. The van der Waals surface area contributed by atoms with Gasteiger partial charge in [-0.1, -0.05) is 60.6 Å². The summed E-state index contributed by atoms with van der Waals surface area (Å²) >= 11 is 1.15. The monoisotopic (exact) mass is 507 g/mol. The van der Waals surface area contributed by atoms with Gasteiger partial charge in [-0.3, -0.25) is 4.79 Å². The number of carbonyl (C=O) groups is 1. The molecule has 0 radical (unpaired) electrons. The van der Waals surface area contributed by atoms with Gasteiger partial charge in [0.2, 0.25) is 10.0 Å². The van der Waals surface area contributed by atoms with Crippen LogP contribution < -0.4 is 4.80 Å². The van der Waals surface area contributed by atoms with Crippen molar-refractivity contribution >= 4 is 37.5 Å². The first-order valence-corrected chi connectivity index (χ1v) is 13.1. The molecule has 35 heavy (non-hydrogen) atoms. The molecule has 1 amide bonds. The molecule has 0 bridgehead atoms. The Morgan fingerprint density at radius 2 is 1.80 bits per heavy atom. The lowest BCUT2D eigenvalue weighted by atomic mass is 10.2. The summed E-state index contributed by atoms with van der Waals surface area (Å²) in [4.78, 5) is 17.3. The highest BCUT2D eigenvalue weighted by atomic mass is 32.2. The van der Waals surface area contributed by atoms with Gasteiger partial charge in [-0.2, -0.15) is 9.30 Å². The molecular formula is C26H22FN3O3S2. The number of halogens is 1. The van der Waals surface area contributed by atoms with E-state index in [1.54, 1.807) is 19.1 Å². The first-order chi connectivity index (χ1) is 16.8. The van der Waals surface area contributed by atoms with Gasteiger partial charge >= 0.3 is 0 Å². The standard InChI is InChI=1S/C26H22FN3O3S2/c1-3-17-30-24-22(27)11-8-12-23(24)34-26(30)28-25(31)20-13-15-21(16-14-20)35(32,33)29(4-2)18-19-9-6-5-7-10-19/h1,5-16H,4,17-18H2,2H3. The number of terminal acetylenes is 1. The third-order valence-electron chi connectivity index (χ3n) is 5.39. The number of para-hydroxylation sites is 1. The average molecular weight is 508 g/mol. The number of hydrogen-bond acceptors (Lipinski definition) is 4. The molecule has 4 aromatic rings. The van der Waals surface area contributed by atoms with Gasteiger partial charge in [0.15, 0.2) is 4.80 Å². The molecule has 0 aliphatic rings. The third kappa shape index (κ3) is 5.10. The minimum Gasteiger partial charge on any atom is -0.302 e. The molecule has 0 N–H and O–H groups in total. The molecule has 0 fully saturated rings. The van der Waals surface area contributed by atoms with Crippen molar-refractivity contribution in [2.45, 2.75) is 24.9 Å². The largest absolute Gasteiger partial charge is 0.302 e. The Bertz CT molecular complexity index is 1580. The van der Waals surface area contributed by atoms with Crippen LogP contribution in [-0.2, 0) is 23.1 Å². The van der Waals surface area contributed by atoms with Crippen molar-refractivity contribution in [3.05, 3.63) is 94.5 Å². The lowest BCUT2D eigenvalue weighted by molar-refractivity contribution is 0.0997. The van der Waals surface area contributed by atoms with E-state index in [9.17, 15) is 17.6 Å². The molecule has 0 unspecified atom stereocenters. The Labute approximate surface area is 207 Å². The summed E-state index contributed by atoms with van der Waals surface area (Å²) in [6.45, 7) is 2.37. The first-order valence-electron chi connectivity index (χ1n) is 10.8. The van der Waals surface area contributed by atoms with Gasteiger partial charge < -0.3 is 4.57 Å². The zero-order valence-corrected chi connectivity index (χ0v) is 20.5. The van der Waals surface area contributed by atoms with E-state index in [-0.39, 0.29) is 28.3 Å². The fourth-order valence-electron chi connectivity index (χ4n) is 3.63. The minimum absolute atomic E-state index is 0.0541. The number of rotatable bonds is 7. The van der Waals surface area contributed by atoms with E-state index in [1.807, 2.05) is 30.3 Å². The van der Waals surface area contributed by atoms with Crippen LogP contribution in [0.25, 0.3) is 10.2 Å². The van der Waals surface area contributed by atoms with E-state index in [4.69, 9.17) is 6.42 Å². The minimum atomic E-state index is -3.76. The molecule has 0 atom stereocenters. The van der Waals surface area contributed by atoms with Crippen molar-refractivity contribution in [1.82, 2.24) is 8.87 Å². The molecule has 0 saturated heterocycles. The number of fused-ring (bicyclic) bond motifs is 1. The van der Waals surface area contributed by atoms with E-state index < -0.39 is 21.7 Å². The van der Waals surface area contributed by atoms with Gasteiger partial charge in [0.05, 0.1) is 21.7 Å². The summed E-state index contributed by atoms with van der Waals surface area (Å²) in [7, 11) is -3.76. The lowest BCUT2D eigenvalue weighted by Gasteiger charge is -2.20. The molecule has 1 heterocycles. The highest BCUT2D eigenvalue weighted by Gasteiger charge is 2.23. The molecule has 6 nitrogen and oxygen atoms in total. The van der Waals surface area contributed by atoms with Gasteiger partial charge in [0, 0.05) is 18.7 Å². The summed E-state index contributed by atoms with van der Waals surface area (Å²) in [6, 6.07) is 19.6. The number of nitrogens with zero attached hydrogens (tertiary/aromatic N) is 3. The Morgan fingerprint density at radius 3 is 2.46 bits per heavy atom. The van der Waals surface area contributed by atoms with Gasteiger partial charge in [-0.25, -0.2) is 12.8 Å². The van der Waals surface area contributed by atoms with Crippen LogP contribution in [0, 0.1) is 18.2 Å². The zero-order valence-electron chi connectivity index (χ0n) is 18.9. The number of thiazole rings is 1. The highest BCUT2D eigenvalue weighted by Crippen LogP contribution is 2.21. The van der Waals surface area contributed by atoms with E-state index >= 15 is 0 Å². The number of sulfonamides is 1. The van der Waals surface area contributed by atoms with E-state index in [1.165, 1.54) is 39.2 Å². The summed E-state index contributed by atoms with van der Waals surface area (Å²) in [5, 5.41) is 0. The SMILES string of the molecule is C#CCn1c(=NC(=O)c2ccc(S(=O)(=O)N(CC)Cc3ccccc3)cc2)sc2cccc(F)c21. The number of amides is 1.